The molecule has 0 spiro atoms. The van der Waals surface area contributed by atoms with Crippen LogP contribution in [0.3, 0.4) is 0 Å². The largest absolute Gasteiger partial charge is 0.486 e. The number of rotatable bonds is 2. The second-order valence-electron chi connectivity index (χ2n) is 20.1. The average Bonchev–Trinajstić information content (AvgIpc) is 3.49. The number of anilines is 6. The van der Waals surface area contributed by atoms with Gasteiger partial charge in [-0.3, -0.25) is 4.90 Å². The normalized spacial score (nSPS) is 14.9. The first-order valence-electron chi connectivity index (χ1n) is 20.7. The molecule has 5 nitrogen and oxygen atoms in total. The molecule has 6 heteroatoms. The molecule has 0 saturated heterocycles. The fourth-order valence-corrected chi connectivity index (χ4v) is 9.60. The zero-order valence-electron chi connectivity index (χ0n) is 36.5. The Morgan fingerprint density at radius 3 is 1.53 bits per heavy atom. The molecule has 6 aromatic rings. The van der Waals surface area contributed by atoms with Crippen molar-refractivity contribution in [1.29, 1.82) is 0 Å². The molecule has 0 aliphatic carbocycles. The Morgan fingerprint density at radius 2 is 1.00 bits per heavy atom. The van der Waals surface area contributed by atoms with Gasteiger partial charge >= 0.3 is 0 Å². The molecule has 3 aliphatic heterocycles. The first kappa shape index (κ1) is 37.5. The number of hydrogen-bond acceptors (Lipinski definition) is 5. The van der Waals surface area contributed by atoms with E-state index in [0.717, 1.165) is 39.7 Å². The Labute approximate surface area is 340 Å². The van der Waals surface area contributed by atoms with Crippen molar-refractivity contribution in [2.75, 3.05) is 23.0 Å². The van der Waals surface area contributed by atoms with E-state index in [1.165, 1.54) is 78.0 Å². The van der Waals surface area contributed by atoms with Crippen molar-refractivity contribution in [1.82, 2.24) is 0 Å². The lowest BCUT2D eigenvalue weighted by Gasteiger charge is -2.44. The lowest BCUT2D eigenvalue weighted by molar-refractivity contribution is 0.172. The zero-order valence-corrected chi connectivity index (χ0v) is 36.5. The quantitative estimate of drug-likeness (QED) is 0.164. The molecule has 0 saturated carbocycles. The highest BCUT2D eigenvalue weighted by atomic mass is 16.6. The van der Waals surface area contributed by atoms with Gasteiger partial charge in [-0.05, 0) is 137 Å². The average molecular weight is 757 g/mol. The Balaban J connectivity index is 1.43. The summed E-state index contributed by atoms with van der Waals surface area (Å²) in [6, 6.07) is 25.6. The third-order valence-electron chi connectivity index (χ3n) is 12.5. The smallest absolute Gasteiger partial charge is 0.257 e. The van der Waals surface area contributed by atoms with Gasteiger partial charge in [-0.2, -0.15) is 0 Å². The first-order chi connectivity index (χ1) is 26.7. The molecule has 5 aromatic carbocycles. The van der Waals surface area contributed by atoms with Crippen molar-refractivity contribution in [3.05, 3.63) is 111 Å². The molecule has 292 valence electrons. The fraction of sp³-hybridized carbons (Fsp3) is 0.373. The molecule has 0 atom stereocenters. The van der Waals surface area contributed by atoms with Crippen LogP contribution < -0.4 is 35.7 Å². The maximum Gasteiger partial charge on any atom is 0.257 e. The number of nitrogens with zero attached hydrogens (tertiary/aromatic N) is 2. The molecule has 57 heavy (non-hydrogen) atoms. The number of hydrogen-bond donors (Lipinski definition) is 0. The summed E-state index contributed by atoms with van der Waals surface area (Å²) in [5, 5.41) is 1.15. The first-order valence-corrected chi connectivity index (χ1v) is 20.7. The van der Waals surface area contributed by atoms with Gasteiger partial charge < -0.3 is 18.8 Å². The zero-order chi connectivity index (χ0) is 40.7. The van der Waals surface area contributed by atoms with E-state index in [9.17, 15) is 0 Å². The van der Waals surface area contributed by atoms with E-state index in [-0.39, 0.29) is 23.0 Å². The van der Waals surface area contributed by atoms with Gasteiger partial charge in [0.15, 0.2) is 11.5 Å². The molecule has 4 heterocycles. The van der Waals surface area contributed by atoms with Crippen molar-refractivity contribution in [2.24, 2.45) is 0 Å². The predicted molar refractivity (Wildman–Crippen MR) is 241 cm³/mol. The van der Waals surface area contributed by atoms with Crippen molar-refractivity contribution < 1.29 is 13.9 Å². The summed E-state index contributed by atoms with van der Waals surface area (Å²) in [6.45, 7) is 32.9. The molecule has 0 N–H and O–H groups in total. The van der Waals surface area contributed by atoms with E-state index in [2.05, 4.69) is 173 Å². The van der Waals surface area contributed by atoms with E-state index < -0.39 is 0 Å². The molecule has 0 fully saturated rings. The van der Waals surface area contributed by atoms with Crippen LogP contribution in [0.2, 0.25) is 0 Å². The van der Waals surface area contributed by atoms with Gasteiger partial charge in [-0.1, -0.05) is 92.6 Å². The third kappa shape index (κ3) is 5.80. The Kier molecular flexibility index (Phi) is 8.19. The fourth-order valence-electron chi connectivity index (χ4n) is 9.60. The highest BCUT2D eigenvalue weighted by molar-refractivity contribution is 7.01. The molecule has 0 amide bonds. The topological polar surface area (TPSA) is 38.1 Å². The van der Waals surface area contributed by atoms with Crippen molar-refractivity contribution in [2.45, 2.75) is 113 Å². The van der Waals surface area contributed by atoms with Crippen LogP contribution in [0.15, 0.2) is 71.1 Å². The van der Waals surface area contributed by atoms with Gasteiger partial charge in [0.1, 0.15) is 18.8 Å². The maximum absolute atomic E-state index is 7.20. The Morgan fingerprint density at radius 1 is 0.509 bits per heavy atom. The minimum atomic E-state index is -0.121. The maximum atomic E-state index is 7.20. The molecule has 0 unspecified atom stereocenters. The van der Waals surface area contributed by atoms with Crippen LogP contribution >= 0.6 is 0 Å². The van der Waals surface area contributed by atoms with Gasteiger partial charge in [0.25, 0.3) is 6.71 Å². The Hall–Kier alpha value is -5.10. The van der Waals surface area contributed by atoms with E-state index in [0.29, 0.717) is 13.2 Å². The number of furan rings is 1. The highest BCUT2D eigenvalue weighted by Crippen LogP contribution is 2.51. The van der Waals surface area contributed by atoms with E-state index in [1.807, 2.05) is 0 Å². The second kappa shape index (κ2) is 12.5. The van der Waals surface area contributed by atoms with Gasteiger partial charge in [0.05, 0.1) is 11.4 Å². The summed E-state index contributed by atoms with van der Waals surface area (Å²) in [6.07, 6.45) is 0. The minimum Gasteiger partial charge on any atom is -0.486 e. The predicted octanol–water partition coefficient (Wildman–Crippen LogP) is 11.7. The molecule has 1 aromatic heterocycles. The van der Waals surface area contributed by atoms with Crippen LogP contribution in [-0.2, 0) is 16.2 Å². The van der Waals surface area contributed by atoms with Gasteiger partial charge in [-0.15, -0.1) is 0 Å². The molecular weight excluding hydrogens is 699 g/mol. The molecule has 0 bridgehead atoms. The monoisotopic (exact) mass is 756 g/mol. The molecule has 0 radical (unpaired) electrons. The number of fused-ring (bicyclic) bond motifs is 7. The number of benzene rings is 5. The molecular formula is C51H57BN2O3. The standard InChI is InChI=1S/C51H57BN2O3/c1-28-19-39-45-40(20-28)54(47-31(4)23-35(24-32(47)5)51(12,13)14)48-44(36-25-33(49(6,7)8)15-16-41(36)57-48)52(45)37-26-42-43(56-18-17-55-42)27-38(37)53(39)46-29(2)21-34(22-30(46)3)50(9,10)11/h15-16,19-27H,17-18H2,1-14H3. The summed E-state index contributed by atoms with van der Waals surface area (Å²) in [5.74, 6) is 2.47. The summed E-state index contributed by atoms with van der Waals surface area (Å²) < 4.78 is 19.9. The van der Waals surface area contributed by atoms with Crippen LogP contribution in [0, 0.1) is 34.6 Å². The van der Waals surface area contributed by atoms with E-state index in [1.54, 1.807) is 0 Å². The second-order valence-corrected chi connectivity index (χ2v) is 20.1. The van der Waals surface area contributed by atoms with Crippen LogP contribution in [0.4, 0.5) is 34.3 Å². The number of aryl methyl sites for hydroxylation is 5. The van der Waals surface area contributed by atoms with Gasteiger partial charge in [0.2, 0.25) is 5.88 Å². The van der Waals surface area contributed by atoms with Crippen molar-refractivity contribution in [3.8, 4) is 11.5 Å². The SMILES string of the molecule is Cc1cc2c3c(c1)N(c1c(C)cc(C(C)(C)C)cc1C)c1oc4ccc(C(C)(C)C)cc4c1B3c1cc3c(cc1N2c1c(C)cc(C(C)(C)C)cc1C)OCCO3. The van der Waals surface area contributed by atoms with E-state index in [4.69, 9.17) is 13.9 Å². The summed E-state index contributed by atoms with van der Waals surface area (Å²) in [4.78, 5) is 4.98. The summed E-state index contributed by atoms with van der Waals surface area (Å²) in [7, 11) is 0. The lowest BCUT2D eigenvalue weighted by atomic mass is 9.33. The van der Waals surface area contributed by atoms with Crippen LogP contribution in [-0.4, -0.2) is 19.9 Å². The lowest BCUT2D eigenvalue weighted by Crippen LogP contribution is -2.61. The third-order valence-corrected chi connectivity index (χ3v) is 12.5. The number of ether oxygens (including phenoxy) is 2. The molecule has 3 aliphatic rings. The summed E-state index contributed by atoms with van der Waals surface area (Å²) in [5.41, 5.74) is 20.5. The van der Waals surface area contributed by atoms with Crippen LogP contribution in [0.25, 0.3) is 11.0 Å². The Bertz CT molecular complexity index is 2620. The summed E-state index contributed by atoms with van der Waals surface area (Å²) >= 11 is 0. The minimum absolute atomic E-state index is 0.0187. The van der Waals surface area contributed by atoms with Crippen LogP contribution in [0.1, 0.15) is 107 Å². The van der Waals surface area contributed by atoms with Gasteiger partial charge in [0, 0.05) is 34.0 Å². The van der Waals surface area contributed by atoms with Crippen molar-refractivity contribution >= 4 is 68.4 Å². The van der Waals surface area contributed by atoms with Gasteiger partial charge in [-0.25, -0.2) is 0 Å². The van der Waals surface area contributed by atoms with Crippen molar-refractivity contribution in [3.63, 3.8) is 0 Å². The van der Waals surface area contributed by atoms with E-state index >= 15 is 0 Å². The van der Waals surface area contributed by atoms with Crippen LogP contribution in [0.5, 0.6) is 11.5 Å². The molecule has 9 rings (SSSR count). The highest BCUT2D eigenvalue weighted by Gasteiger charge is 2.48.